The molecule has 0 atom stereocenters. The summed E-state index contributed by atoms with van der Waals surface area (Å²) in [4.78, 5) is 4.53. The van der Waals surface area contributed by atoms with Gasteiger partial charge in [-0.1, -0.05) is 0 Å². The van der Waals surface area contributed by atoms with Gasteiger partial charge in [0.2, 0.25) is 0 Å². The van der Waals surface area contributed by atoms with E-state index in [4.69, 9.17) is 4.74 Å². The summed E-state index contributed by atoms with van der Waals surface area (Å²) in [5, 5.41) is 12.2. The zero-order valence-corrected chi connectivity index (χ0v) is 10.4. The van der Waals surface area contributed by atoms with Crippen molar-refractivity contribution >= 4 is 11.3 Å². The van der Waals surface area contributed by atoms with Gasteiger partial charge >= 0.3 is 0 Å². The molecule has 94 valence electrons. The molecule has 0 spiro atoms. The molecule has 5 heteroatoms. The van der Waals surface area contributed by atoms with Crippen molar-refractivity contribution in [3.63, 3.8) is 0 Å². The summed E-state index contributed by atoms with van der Waals surface area (Å²) < 4.78 is 18.0. The maximum atomic E-state index is 12.8. The Balaban J connectivity index is 1.91. The molecule has 0 aliphatic carbocycles. The number of aromatic nitrogens is 1. The first-order valence-corrected chi connectivity index (χ1v) is 6.52. The summed E-state index contributed by atoms with van der Waals surface area (Å²) in [7, 11) is 0. The topological polar surface area (TPSA) is 42.4 Å². The van der Waals surface area contributed by atoms with Crippen molar-refractivity contribution in [3.05, 3.63) is 41.2 Å². The average Bonchev–Trinajstić information content (AvgIpc) is 2.79. The summed E-state index contributed by atoms with van der Waals surface area (Å²) in [5.41, 5.74) is 1.41. The van der Waals surface area contributed by atoms with E-state index in [2.05, 4.69) is 4.98 Å². The van der Waals surface area contributed by atoms with Gasteiger partial charge in [0.1, 0.15) is 10.8 Å². The van der Waals surface area contributed by atoms with Crippen LogP contribution in [0, 0.1) is 5.82 Å². The number of halogens is 1. The Morgan fingerprint density at radius 3 is 2.61 bits per heavy atom. The van der Waals surface area contributed by atoms with Crippen LogP contribution < -0.4 is 0 Å². The van der Waals surface area contributed by atoms with E-state index < -0.39 is 0 Å². The van der Waals surface area contributed by atoms with Crippen LogP contribution in [0.4, 0.5) is 4.39 Å². The number of hydrogen-bond acceptors (Lipinski definition) is 4. The molecule has 3 rings (SSSR count). The lowest BCUT2D eigenvalue weighted by molar-refractivity contribution is -0.0859. The van der Waals surface area contributed by atoms with Crippen molar-refractivity contribution in [2.75, 3.05) is 19.8 Å². The van der Waals surface area contributed by atoms with Crippen molar-refractivity contribution in [1.29, 1.82) is 0 Å². The zero-order valence-electron chi connectivity index (χ0n) is 9.60. The van der Waals surface area contributed by atoms with Crippen LogP contribution in [-0.2, 0) is 10.2 Å². The number of aliphatic hydroxyl groups is 1. The Morgan fingerprint density at radius 2 is 2.06 bits per heavy atom. The van der Waals surface area contributed by atoms with E-state index in [1.54, 1.807) is 12.1 Å². The second-order valence-corrected chi connectivity index (χ2v) is 5.33. The number of aliphatic hydroxyl groups excluding tert-OH is 1. The SMILES string of the molecule is OCC1(c2csc(-c3ccc(F)cc3)n2)COC1. The predicted octanol–water partition coefficient (Wildman–Crippen LogP) is 2.21. The summed E-state index contributed by atoms with van der Waals surface area (Å²) in [6.45, 7) is 1.06. The summed E-state index contributed by atoms with van der Waals surface area (Å²) in [5.74, 6) is -0.255. The number of nitrogens with zero attached hydrogens (tertiary/aromatic N) is 1. The third-order valence-electron chi connectivity index (χ3n) is 3.20. The molecule has 1 N–H and O–H groups in total. The highest BCUT2D eigenvalue weighted by Crippen LogP contribution is 2.35. The molecule has 1 aliphatic rings. The Bertz CT molecular complexity index is 543. The number of rotatable bonds is 3. The zero-order chi connectivity index (χ0) is 12.6. The second-order valence-electron chi connectivity index (χ2n) is 4.48. The van der Waals surface area contributed by atoms with Gasteiger partial charge in [-0.3, -0.25) is 0 Å². The molecular formula is C13H12FNO2S. The van der Waals surface area contributed by atoms with Gasteiger partial charge in [0.05, 0.1) is 30.9 Å². The molecule has 1 aromatic carbocycles. The van der Waals surface area contributed by atoms with E-state index in [1.807, 2.05) is 5.38 Å². The van der Waals surface area contributed by atoms with Crippen LogP contribution in [0.3, 0.4) is 0 Å². The molecule has 0 radical (unpaired) electrons. The van der Waals surface area contributed by atoms with Crippen LogP contribution in [0.1, 0.15) is 5.69 Å². The standard InChI is InChI=1S/C13H12FNO2S/c14-10-3-1-9(2-4-10)12-15-11(5-18-12)13(6-16)7-17-8-13/h1-5,16H,6-8H2. The van der Waals surface area contributed by atoms with Crippen molar-refractivity contribution in [3.8, 4) is 10.6 Å². The fourth-order valence-electron chi connectivity index (χ4n) is 1.91. The van der Waals surface area contributed by atoms with Gasteiger partial charge in [-0.25, -0.2) is 9.37 Å². The van der Waals surface area contributed by atoms with Crippen LogP contribution in [0.5, 0.6) is 0 Å². The molecule has 2 heterocycles. The fourth-order valence-corrected chi connectivity index (χ4v) is 2.86. The molecule has 1 saturated heterocycles. The Kier molecular flexibility index (Phi) is 2.89. The average molecular weight is 265 g/mol. The minimum atomic E-state index is -0.339. The Morgan fingerprint density at radius 1 is 1.33 bits per heavy atom. The number of benzene rings is 1. The first-order valence-electron chi connectivity index (χ1n) is 5.64. The molecule has 1 fully saturated rings. The smallest absolute Gasteiger partial charge is 0.123 e. The van der Waals surface area contributed by atoms with E-state index in [9.17, 15) is 9.50 Å². The Hall–Kier alpha value is -1.30. The van der Waals surface area contributed by atoms with Crippen molar-refractivity contribution in [1.82, 2.24) is 4.98 Å². The third-order valence-corrected chi connectivity index (χ3v) is 4.09. The summed E-state index contributed by atoms with van der Waals surface area (Å²) in [6.07, 6.45) is 0. The summed E-state index contributed by atoms with van der Waals surface area (Å²) in [6, 6.07) is 6.26. The van der Waals surface area contributed by atoms with E-state index in [1.165, 1.54) is 23.5 Å². The van der Waals surface area contributed by atoms with Gasteiger partial charge in [-0.2, -0.15) is 0 Å². The first-order chi connectivity index (χ1) is 8.73. The van der Waals surface area contributed by atoms with Gasteiger partial charge in [0.25, 0.3) is 0 Å². The molecular weight excluding hydrogens is 253 g/mol. The number of thiazole rings is 1. The van der Waals surface area contributed by atoms with Gasteiger partial charge in [0.15, 0.2) is 0 Å². The van der Waals surface area contributed by atoms with Gasteiger partial charge in [-0.15, -0.1) is 11.3 Å². The van der Waals surface area contributed by atoms with Crippen LogP contribution in [0.25, 0.3) is 10.6 Å². The number of ether oxygens (including phenoxy) is 1. The lowest BCUT2D eigenvalue weighted by Gasteiger charge is -2.38. The molecule has 1 aliphatic heterocycles. The van der Waals surface area contributed by atoms with Gasteiger partial charge in [0, 0.05) is 10.9 Å². The minimum Gasteiger partial charge on any atom is -0.395 e. The molecule has 0 amide bonds. The quantitative estimate of drug-likeness (QED) is 0.925. The molecule has 2 aromatic rings. The highest BCUT2D eigenvalue weighted by molar-refractivity contribution is 7.13. The molecule has 0 unspecified atom stereocenters. The van der Waals surface area contributed by atoms with Crippen LogP contribution in [0.2, 0.25) is 0 Å². The minimum absolute atomic E-state index is 0.0413. The molecule has 1 aromatic heterocycles. The highest BCUT2D eigenvalue weighted by atomic mass is 32.1. The molecule has 18 heavy (non-hydrogen) atoms. The maximum Gasteiger partial charge on any atom is 0.123 e. The summed E-state index contributed by atoms with van der Waals surface area (Å²) >= 11 is 1.50. The third kappa shape index (κ3) is 1.84. The monoisotopic (exact) mass is 265 g/mol. The molecule has 3 nitrogen and oxygen atoms in total. The Labute approximate surface area is 108 Å². The highest BCUT2D eigenvalue weighted by Gasteiger charge is 2.42. The molecule has 0 bridgehead atoms. The van der Waals surface area contributed by atoms with E-state index >= 15 is 0 Å². The largest absolute Gasteiger partial charge is 0.395 e. The van der Waals surface area contributed by atoms with Crippen molar-refractivity contribution in [2.24, 2.45) is 0 Å². The maximum absolute atomic E-state index is 12.8. The lowest BCUT2D eigenvalue weighted by Crippen LogP contribution is -2.49. The predicted molar refractivity (Wildman–Crippen MR) is 67.1 cm³/mol. The van der Waals surface area contributed by atoms with Gasteiger partial charge < -0.3 is 9.84 Å². The van der Waals surface area contributed by atoms with Crippen molar-refractivity contribution < 1.29 is 14.2 Å². The number of hydrogen-bond donors (Lipinski definition) is 1. The van der Waals surface area contributed by atoms with Gasteiger partial charge in [-0.05, 0) is 24.3 Å². The second kappa shape index (κ2) is 4.42. The van der Waals surface area contributed by atoms with Crippen LogP contribution in [-0.4, -0.2) is 29.9 Å². The van der Waals surface area contributed by atoms with E-state index in [0.717, 1.165) is 16.3 Å². The normalized spacial score (nSPS) is 17.4. The van der Waals surface area contributed by atoms with E-state index in [-0.39, 0.29) is 17.8 Å². The van der Waals surface area contributed by atoms with E-state index in [0.29, 0.717) is 13.2 Å². The lowest BCUT2D eigenvalue weighted by atomic mass is 9.84. The fraction of sp³-hybridized carbons (Fsp3) is 0.308. The van der Waals surface area contributed by atoms with Crippen LogP contribution in [0.15, 0.2) is 29.6 Å². The van der Waals surface area contributed by atoms with Crippen molar-refractivity contribution in [2.45, 2.75) is 5.41 Å². The molecule has 0 saturated carbocycles. The first kappa shape index (κ1) is 11.8. The van der Waals surface area contributed by atoms with Crippen LogP contribution >= 0.6 is 11.3 Å².